The fourth-order valence-corrected chi connectivity index (χ4v) is 2.84. The molecule has 1 aliphatic heterocycles. The first-order valence-electron chi connectivity index (χ1n) is 7.52. The van der Waals surface area contributed by atoms with E-state index in [1.807, 2.05) is 26.0 Å². The highest BCUT2D eigenvalue weighted by atomic mass is 35.5. The minimum Gasteiger partial charge on any atom is -0.490 e. The summed E-state index contributed by atoms with van der Waals surface area (Å²) < 4.78 is 11.5. The molecule has 0 radical (unpaired) electrons. The molecular weight excluding hydrogens is 302 g/mol. The molecule has 1 aliphatic rings. The second-order valence-corrected chi connectivity index (χ2v) is 6.12. The summed E-state index contributed by atoms with van der Waals surface area (Å²) in [5.41, 5.74) is 0.677. The largest absolute Gasteiger partial charge is 0.490 e. The monoisotopic (exact) mass is 321 g/mol. The molecule has 0 N–H and O–H groups in total. The Balaban J connectivity index is 2.12. The van der Waals surface area contributed by atoms with E-state index >= 15 is 0 Å². The fourth-order valence-electron chi connectivity index (χ4n) is 2.64. The number of hydrogen-bond donors (Lipinski definition) is 0. The molecule has 5 nitrogen and oxygen atoms in total. The number of pyridine rings is 2. The van der Waals surface area contributed by atoms with Crippen molar-refractivity contribution in [3.8, 4) is 5.75 Å². The van der Waals surface area contributed by atoms with Crippen LogP contribution in [0.5, 0.6) is 5.75 Å². The number of halogens is 1. The van der Waals surface area contributed by atoms with Crippen LogP contribution in [0.2, 0.25) is 5.15 Å². The van der Waals surface area contributed by atoms with Crippen molar-refractivity contribution in [3.05, 3.63) is 23.5 Å². The summed E-state index contributed by atoms with van der Waals surface area (Å²) in [4.78, 5) is 11.1. The van der Waals surface area contributed by atoms with Crippen LogP contribution in [-0.2, 0) is 4.74 Å². The molecule has 0 spiro atoms. The van der Waals surface area contributed by atoms with E-state index in [0.29, 0.717) is 23.9 Å². The minimum atomic E-state index is 0.0764. The summed E-state index contributed by atoms with van der Waals surface area (Å²) >= 11 is 6.24. The van der Waals surface area contributed by atoms with Gasteiger partial charge in [0.25, 0.3) is 0 Å². The third-order valence-corrected chi connectivity index (χ3v) is 3.93. The van der Waals surface area contributed by atoms with Crippen LogP contribution in [0.1, 0.15) is 20.8 Å². The third kappa shape index (κ3) is 2.96. The first-order valence-corrected chi connectivity index (χ1v) is 7.90. The van der Waals surface area contributed by atoms with Crippen molar-refractivity contribution in [2.45, 2.75) is 32.9 Å². The van der Waals surface area contributed by atoms with Crippen LogP contribution < -0.4 is 9.64 Å². The average Bonchev–Trinajstić information content (AvgIpc) is 2.48. The number of ether oxygens (including phenoxy) is 2. The quantitative estimate of drug-likeness (QED) is 0.812. The molecule has 1 fully saturated rings. The second kappa shape index (κ2) is 6.26. The Kier molecular flexibility index (Phi) is 4.36. The molecular formula is C16H20ClN3O2. The van der Waals surface area contributed by atoms with E-state index < -0.39 is 0 Å². The van der Waals surface area contributed by atoms with Crippen LogP contribution in [0.4, 0.5) is 5.82 Å². The van der Waals surface area contributed by atoms with E-state index in [-0.39, 0.29) is 12.1 Å². The van der Waals surface area contributed by atoms with Crippen molar-refractivity contribution < 1.29 is 9.47 Å². The van der Waals surface area contributed by atoms with Gasteiger partial charge in [-0.1, -0.05) is 11.6 Å². The Hall–Kier alpha value is -1.59. The fraction of sp³-hybridized carbons (Fsp3) is 0.500. The van der Waals surface area contributed by atoms with Crippen LogP contribution in [0, 0.1) is 0 Å². The van der Waals surface area contributed by atoms with Gasteiger partial charge < -0.3 is 14.4 Å². The summed E-state index contributed by atoms with van der Waals surface area (Å²) in [6.07, 6.45) is 1.75. The van der Waals surface area contributed by atoms with E-state index in [2.05, 4.69) is 16.8 Å². The molecule has 2 aromatic heterocycles. The van der Waals surface area contributed by atoms with Crippen molar-refractivity contribution >= 4 is 28.3 Å². The van der Waals surface area contributed by atoms with Crippen LogP contribution in [0.15, 0.2) is 18.3 Å². The number of hydrogen-bond acceptors (Lipinski definition) is 5. The van der Waals surface area contributed by atoms with Gasteiger partial charge in [-0.3, -0.25) is 0 Å². The van der Waals surface area contributed by atoms with Crippen molar-refractivity contribution in [2.75, 3.05) is 24.7 Å². The lowest BCUT2D eigenvalue weighted by molar-refractivity contribution is 0.0985. The van der Waals surface area contributed by atoms with Crippen molar-refractivity contribution in [1.82, 2.24) is 9.97 Å². The SMILES string of the molecule is CC(C)Oc1cc(N2CCOCC2C)nc2c(Cl)nccc12. The maximum Gasteiger partial charge on any atom is 0.155 e. The number of rotatable bonds is 3. The Morgan fingerprint density at radius 1 is 1.45 bits per heavy atom. The Morgan fingerprint density at radius 3 is 3.00 bits per heavy atom. The molecule has 1 unspecified atom stereocenters. The van der Waals surface area contributed by atoms with Gasteiger partial charge in [-0.25, -0.2) is 9.97 Å². The molecule has 118 valence electrons. The molecule has 0 aliphatic carbocycles. The Morgan fingerprint density at radius 2 is 2.27 bits per heavy atom. The van der Waals surface area contributed by atoms with Gasteiger partial charge in [-0.05, 0) is 26.8 Å². The van der Waals surface area contributed by atoms with Gasteiger partial charge in [-0.15, -0.1) is 0 Å². The zero-order valence-electron chi connectivity index (χ0n) is 13.0. The number of morpholine rings is 1. The van der Waals surface area contributed by atoms with E-state index in [4.69, 9.17) is 26.1 Å². The molecule has 2 aromatic rings. The van der Waals surface area contributed by atoms with Gasteiger partial charge in [0.2, 0.25) is 0 Å². The lowest BCUT2D eigenvalue weighted by atomic mass is 10.2. The topological polar surface area (TPSA) is 47.5 Å². The summed E-state index contributed by atoms with van der Waals surface area (Å²) in [6.45, 7) is 8.34. The molecule has 0 saturated carbocycles. The highest BCUT2D eigenvalue weighted by Crippen LogP contribution is 2.33. The Labute approximate surface area is 135 Å². The van der Waals surface area contributed by atoms with Gasteiger partial charge in [0.05, 0.1) is 25.4 Å². The van der Waals surface area contributed by atoms with Gasteiger partial charge in [0.1, 0.15) is 17.1 Å². The molecule has 1 saturated heterocycles. The Bertz CT molecular complexity index is 678. The summed E-state index contributed by atoms with van der Waals surface area (Å²) in [5, 5.41) is 1.28. The molecule has 22 heavy (non-hydrogen) atoms. The lowest BCUT2D eigenvalue weighted by Crippen LogP contribution is -2.44. The van der Waals surface area contributed by atoms with Gasteiger partial charge in [0.15, 0.2) is 5.15 Å². The first kappa shape index (κ1) is 15.3. The molecule has 1 atom stereocenters. The van der Waals surface area contributed by atoms with Gasteiger partial charge >= 0.3 is 0 Å². The molecule has 6 heteroatoms. The highest BCUT2D eigenvalue weighted by molar-refractivity contribution is 6.34. The van der Waals surface area contributed by atoms with Crippen molar-refractivity contribution in [2.24, 2.45) is 0 Å². The van der Waals surface area contributed by atoms with Crippen LogP contribution in [-0.4, -0.2) is 41.9 Å². The normalized spacial score (nSPS) is 19.0. The number of aromatic nitrogens is 2. The van der Waals surface area contributed by atoms with E-state index in [9.17, 15) is 0 Å². The zero-order chi connectivity index (χ0) is 15.7. The highest BCUT2D eigenvalue weighted by Gasteiger charge is 2.22. The molecule has 3 rings (SSSR count). The van der Waals surface area contributed by atoms with Gasteiger partial charge in [-0.2, -0.15) is 0 Å². The summed E-state index contributed by atoms with van der Waals surface area (Å²) in [5.74, 6) is 1.65. The number of anilines is 1. The van der Waals surface area contributed by atoms with E-state index in [1.165, 1.54) is 0 Å². The van der Waals surface area contributed by atoms with Crippen LogP contribution in [0.3, 0.4) is 0 Å². The number of fused-ring (bicyclic) bond motifs is 1. The molecule has 0 bridgehead atoms. The summed E-state index contributed by atoms with van der Waals surface area (Å²) in [7, 11) is 0. The predicted octanol–water partition coefficient (Wildman–Crippen LogP) is 3.30. The minimum absolute atomic E-state index is 0.0764. The molecule has 3 heterocycles. The maximum absolute atomic E-state index is 6.24. The van der Waals surface area contributed by atoms with E-state index in [1.54, 1.807) is 6.20 Å². The second-order valence-electron chi connectivity index (χ2n) is 5.76. The lowest BCUT2D eigenvalue weighted by Gasteiger charge is -2.34. The van der Waals surface area contributed by atoms with E-state index in [0.717, 1.165) is 23.5 Å². The number of nitrogens with zero attached hydrogens (tertiary/aromatic N) is 3. The third-order valence-electron chi connectivity index (χ3n) is 3.66. The molecule has 0 amide bonds. The van der Waals surface area contributed by atoms with Crippen LogP contribution in [0.25, 0.3) is 10.9 Å². The van der Waals surface area contributed by atoms with Crippen molar-refractivity contribution in [3.63, 3.8) is 0 Å². The van der Waals surface area contributed by atoms with Crippen molar-refractivity contribution in [1.29, 1.82) is 0 Å². The first-order chi connectivity index (χ1) is 10.6. The predicted molar refractivity (Wildman–Crippen MR) is 87.9 cm³/mol. The van der Waals surface area contributed by atoms with Gasteiger partial charge in [0, 0.05) is 24.2 Å². The average molecular weight is 322 g/mol. The standard InChI is InChI=1S/C16H20ClN3O2/c1-10(2)22-13-8-14(20-6-7-21-9-11(20)3)19-15-12(13)4-5-18-16(15)17/h4-5,8,10-11H,6-7,9H2,1-3H3. The summed E-state index contributed by atoms with van der Waals surface area (Å²) in [6, 6.07) is 4.14. The van der Waals surface area contributed by atoms with Crippen LogP contribution >= 0.6 is 11.6 Å². The maximum atomic E-state index is 6.24. The zero-order valence-corrected chi connectivity index (χ0v) is 13.8. The smallest absolute Gasteiger partial charge is 0.155 e. The molecule has 0 aromatic carbocycles.